The Morgan fingerprint density at radius 3 is 3.00 bits per heavy atom. The molecule has 0 saturated carbocycles. The lowest BCUT2D eigenvalue weighted by molar-refractivity contribution is 0.0818. The predicted octanol–water partition coefficient (Wildman–Crippen LogP) is 3.09. The largest absolute Gasteiger partial charge is 0.487 e. The summed E-state index contributed by atoms with van der Waals surface area (Å²) in [5, 5.41) is 3.45. The number of benzene rings is 1. The second-order valence-electron chi connectivity index (χ2n) is 6.52. The molecule has 0 bridgehead atoms. The van der Waals surface area contributed by atoms with Crippen molar-refractivity contribution in [2.75, 3.05) is 19.7 Å². The van der Waals surface area contributed by atoms with Gasteiger partial charge in [0, 0.05) is 31.1 Å². The highest BCUT2D eigenvalue weighted by molar-refractivity contribution is 5.47. The predicted molar refractivity (Wildman–Crippen MR) is 80.2 cm³/mol. The molecule has 0 amide bonds. The molecule has 2 aliphatic rings. The molecule has 110 valence electrons. The number of hydrogen-bond acceptors (Lipinski definition) is 3. The van der Waals surface area contributed by atoms with Crippen molar-refractivity contribution in [2.24, 2.45) is 5.92 Å². The maximum absolute atomic E-state index is 6.19. The van der Waals surface area contributed by atoms with E-state index in [9.17, 15) is 0 Å². The molecule has 2 aliphatic heterocycles. The standard InChI is InChI=1S/C17H25NO2/c1-4-18-11-13-8-9-19-15(13)14-7-5-6-12-10-17(2,3)20-16(12)14/h5-7,13,15,18H,4,8-11H2,1-3H3. The van der Waals surface area contributed by atoms with E-state index < -0.39 is 0 Å². The molecular weight excluding hydrogens is 250 g/mol. The third-order valence-electron chi connectivity index (χ3n) is 4.30. The summed E-state index contributed by atoms with van der Waals surface area (Å²) in [5.41, 5.74) is 2.48. The van der Waals surface area contributed by atoms with Crippen LogP contribution in [0.3, 0.4) is 0 Å². The number of rotatable bonds is 4. The van der Waals surface area contributed by atoms with Gasteiger partial charge in [-0.05, 0) is 32.4 Å². The summed E-state index contributed by atoms with van der Waals surface area (Å²) in [6, 6.07) is 6.50. The minimum atomic E-state index is -0.0891. The number of ether oxygens (including phenoxy) is 2. The number of para-hydroxylation sites is 1. The summed E-state index contributed by atoms with van der Waals surface area (Å²) in [4.78, 5) is 0. The summed E-state index contributed by atoms with van der Waals surface area (Å²) in [6.07, 6.45) is 2.30. The van der Waals surface area contributed by atoms with Crippen molar-refractivity contribution in [3.05, 3.63) is 29.3 Å². The fourth-order valence-electron chi connectivity index (χ4n) is 3.38. The molecule has 2 unspecified atom stereocenters. The highest BCUT2D eigenvalue weighted by Gasteiger charge is 2.37. The first kappa shape index (κ1) is 13.9. The molecule has 1 saturated heterocycles. The van der Waals surface area contributed by atoms with Gasteiger partial charge in [0.25, 0.3) is 0 Å². The molecule has 2 atom stereocenters. The average Bonchev–Trinajstić information content (AvgIpc) is 2.97. The summed E-state index contributed by atoms with van der Waals surface area (Å²) in [5.74, 6) is 1.62. The zero-order valence-corrected chi connectivity index (χ0v) is 12.7. The molecule has 1 aromatic carbocycles. The Hall–Kier alpha value is -1.06. The lowest BCUT2D eigenvalue weighted by Gasteiger charge is -2.23. The number of nitrogens with one attached hydrogen (secondary N) is 1. The fourth-order valence-corrected chi connectivity index (χ4v) is 3.38. The Bertz CT molecular complexity index is 484. The molecule has 1 fully saturated rings. The van der Waals surface area contributed by atoms with E-state index in [-0.39, 0.29) is 11.7 Å². The van der Waals surface area contributed by atoms with Gasteiger partial charge in [-0.3, -0.25) is 0 Å². The summed E-state index contributed by atoms with van der Waals surface area (Å²) < 4.78 is 12.2. The van der Waals surface area contributed by atoms with E-state index in [0.29, 0.717) is 5.92 Å². The van der Waals surface area contributed by atoms with Gasteiger partial charge in [-0.1, -0.05) is 25.1 Å². The van der Waals surface area contributed by atoms with Crippen LogP contribution in [0.25, 0.3) is 0 Å². The van der Waals surface area contributed by atoms with Crippen molar-refractivity contribution in [1.82, 2.24) is 5.32 Å². The normalized spacial score (nSPS) is 27.4. The quantitative estimate of drug-likeness (QED) is 0.916. The molecule has 1 N–H and O–H groups in total. The van der Waals surface area contributed by atoms with Gasteiger partial charge in [-0.2, -0.15) is 0 Å². The van der Waals surface area contributed by atoms with E-state index in [1.165, 1.54) is 11.1 Å². The van der Waals surface area contributed by atoms with Crippen LogP contribution in [-0.4, -0.2) is 25.3 Å². The van der Waals surface area contributed by atoms with E-state index in [1.54, 1.807) is 0 Å². The van der Waals surface area contributed by atoms with Gasteiger partial charge in [-0.15, -0.1) is 0 Å². The molecule has 3 heteroatoms. The van der Waals surface area contributed by atoms with Gasteiger partial charge in [0.2, 0.25) is 0 Å². The molecule has 20 heavy (non-hydrogen) atoms. The average molecular weight is 275 g/mol. The molecule has 3 nitrogen and oxygen atoms in total. The highest BCUT2D eigenvalue weighted by Crippen LogP contribution is 2.45. The second-order valence-corrected chi connectivity index (χ2v) is 6.52. The smallest absolute Gasteiger partial charge is 0.129 e. The van der Waals surface area contributed by atoms with Crippen molar-refractivity contribution in [1.29, 1.82) is 0 Å². The van der Waals surface area contributed by atoms with Crippen LogP contribution in [0.4, 0.5) is 0 Å². The van der Waals surface area contributed by atoms with Gasteiger partial charge in [0.1, 0.15) is 11.4 Å². The molecule has 0 aromatic heterocycles. The molecule has 0 spiro atoms. The first-order valence-electron chi connectivity index (χ1n) is 7.74. The fraction of sp³-hybridized carbons (Fsp3) is 0.647. The van der Waals surface area contributed by atoms with Crippen molar-refractivity contribution in [2.45, 2.75) is 45.3 Å². The van der Waals surface area contributed by atoms with E-state index >= 15 is 0 Å². The third kappa shape index (κ3) is 2.57. The van der Waals surface area contributed by atoms with E-state index in [0.717, 1.165) is 38.3 Å². The number of hydrogen-bond donors (Lipinski definition) is 1. The Kier molecular flexibility index (Phi) is 3.74. The van der Waals surface area contributed by atoms with Crippen molar-refractivity contribution in [3.8, 4) is 5.75 Å². The van der Waals surface area contributed by atoms with E-state index in [1.807, 2.05) is 0 Å². The van der Waals surface area contributed by atoms with Crippen LogP contribution in [0.1, 0.15) is 44.4 Å². The maximum Gasteiger partial charge on any atom is 0.129 e. The third-order valence-corrected chi connectivity index (χ3v) is 4.30. The Balaban J connectivity index is 1.86. The minimum absolute atomic E-state index is 0.0891. The van der Waals surface area contributed by atoms with Crippen LogP contribution >= 0.6 is 0 Å². The molecule has 0 radical (unpaired) electrons. The maximum atomic E-state index is 6.19. The Morgan fingerprint density at radius 2 is 2.20 bits per heavy atom. The van der Waals surface area contributed by atoms with Gasteiger partial charge in [-0.25, -0.2) is 0 Å². The molecule has 1 aromatic rings. The Morgan fingerprint density at radius 1 is 1.35 bits per heavy atom. The zero-order chi connectivity index (χ0) is 14.2. The Labute approximate surface area is 121 Å². The van der Waals surface area contributed by atoms with E-state index in [2.05, 4.69) is 44.3 Å². The summed E-state index contributed by atoms with van der Waals surface area (Å²) in [7, 11) is 0. The molecular formula is C17H25NO2. The van der Waals surface area contributed by atoms with Gasteiger partial charge >= 0.3 is 0 Å². The van der Waals surface area contributed by atoms with Crippen LogP contribution in [0.5, 0.6) is 5.75 Å². The van der Waals surface area contributed by atoms with Crippen molar-refractivity contribution in [3.63, 3.8) is 0 Å². The van der Waals surface area contributed by atoms with Crippen LogP contribution in [0.15, 0.2) is 18.2 Å². The zero-order valence-electron chi connectivity index (χ0n) is 12.7. The van der Waals surface area contributed by atoms with Gasteiger partial charge in [0.15, 0.2) is 0 Å². The molecule has 0 aliphatic carbocycles. The van der Waals surface area contributed by atoms with Gasteiger partial charge < -0.3 is 14.8 Å². The first-order chi connectivity index (χ1) is 9.61. The first-order valence-corrected chi connectivity index (χ1v) is 7.74. The minimum Gasteiger partial charge on any atom is -0.487 e. The summed E-state index contributed by atoms with van der Waals surface area (Å²) >= 11 is 0. The van der Waals surface area contributed by atoms with Crippen molar-refractivity contribution < 1.29 is 9.47 Å². The molecule has 2 heterocycles. The van der Waals surface area contributed by atoms with Crippen LogP contribution in [-0.2, 0) is 11.2 Å². The lowest BCUT2D eigenvalue weighted by atomic mass is 9.92. The monoisotopic (exact) mass is 275 g/mol. The van der Waals surface area contributed by atoms with E-state index in [4.69, 9.17) is 9.47 Å². The summed E-state index contributed by atoms with van der Waals surface area (Å²) in [6.45, 7) is 9.35. The second kappa shape index (κ2) is 5.38. The van der Waals surface area contributed by atoms with Crippen LogP contribution in [0, 0.1) is 5.92 Å². The topological polar surface area (TPSA) is 30.5 Å². The van der Waals surface area contributed by atoms with Gasteiger partial charge in [0.05, 0.1) is 6.10 Å². The number of fused-ring (bicyclic) bond motifs is 1. The van der Waals surface area contributed by atoms with Crippen LogP contribution in [0.2, 0.25) is 0 Å². The van der Waals surface area contributed by atoms with Crippen LogP contribution < -0.4 is 10.1 Å². The SMILES string of the molecule is CCNCC1CCOC1c1cccc2c1OC(C)(C)C2. The highest BCUT2D eigenvalue weighted by atomic mass is 16.5. The molecule has 3 rings (SSSR count). The van der Waals surface area contributed by atoms with Crippen molar-refractivity contribution >= 4 is 0 Å². The lowest BCUT2D eigenvalue weighted by Crippen LogP contribution is -2.26.